The monoisotopic (exact) mass is 336 g/mol. The summed E-state index contributed by atoms with van der Waals surface area (Å²) < 4.78 is 34.6. The Bertz CT molecular complexity index is 696. The maximum atomic E-state index is 12.4. The lowest BCUT2D eigenvalue weighted by Crippen LogP contribution is -2.22. The molecule has 0 amide bonds. The van der Waals surface area contributed by atoms with Crippen LogP contribution in [-0.4, -0.2) is 22.7 Å². The van der Waals surface area contributed by atoms with E-state index < -0.39 is 12.7 Å². The van der Waals surface area contributed by atoms with Crippen molar-refractivity contribution in [2.75, 3.05) is 5.32 Å². The third kappa shape index (κ3) is 5.08. The summed E-state index contributed by atoms with van der Waals surface area (Å²) in [6, 6.07) is 6.75. The van der Waals surface area contributed by atoms with Crippen LogP contribution in [-0.2, 0) is 0 Å². The molecule has 1 aromatic heterocycles. The summed E-state index contributed by atoms with van der Waals surface area (Å²) >= 11 is 0. The minimum atomic E-state index is -2.88. The standard InChI is InChI=1S/C16H18F2N4O2/c1-10-4-5-12(8-14(10)24-15(17)18)22-9-13(19)11(2)23-16-20-6-3-7-21-16/h3-9,11,15,22H,19H2,1-2H3/b13-9-. The number of nitrogens with two attached hydrogens (primary N) is 1. The van der Waals surface area contributed by atoms with Gasteiger partial charge in [0.05, 0.1) is 5.70 Å². The van der Waals surface area contributed by atoms with Gasteiger partial charge in [0.1, 0.15) is 11.9 Å². The fourth-order valence-corrected chi connectivity index (χ4v) is 1.77. The van der Waals surface area contributed by atoms with Crippen LogP contribution in [0.15, 0.2) is 48.6 Å². The highest BCUT2D eigenvalue weighted by molar-refractivity contribution is 5.53. The molecular weight excluding hydrogens is 318 g/mol. The molecule has 2 aromatic rings. The first-order chi connectivity index (χ1) is 11.5. The number of hydrogen-bond acceptors (Lipinski definition) is 6. The van der Waals surface area contributed by atoms with Crippen molar-refractivity contribution in [2.24, 2.45) is 5.73 Å². The van der Waals surface area contributed by atoms with Gasteiger partial charge in [0.25, 0.3) is 0 Å². The molecular formula is C16H18F2N4O2. The Kier molecular flexibility index (Phi) is 5.89. The molecule has 128 valence electrons. The van der Waals surface area contributed by atoms with Crippen LogP contribution in [0.1, 0.15) is 12.5 Å². The summed E-state index contributed by atoms with van der Waals surface area (Å²) in [5, 5.41) is 2.92. The number of anilines is 1. The van der Waals surface area contributed by atoms with E-state index in [1.54, 1.807) is 44.4 Å². The quantitative estimate of drug-likeness (QED) is 0.809. The normalized spacial score (nSPS) is 12.8. The molecule has 0 spiro atoms. The molecule has 0 aliphatic rings. The van der Waals surface area contributed by atoms with Gasteiger partial charge in [-0.05, 0) is 31.5 Å². The predicted molar refractivity (Wildman–Crippen MR) is 85.8 cm³/mol. The first-order valence-corrected chi connectivity index (χ1v) is 7.17. The summed E-state index contributed by atoms with van der Waals surface area (Å²) in [5.74, 6) is 0.101. The van der Waals surface area contributed by atoms with E-state index in [1.807, 2.05) is 0 Å². The van der Waals surface area contributed by atoms with Crippen molar-refractivity contribution in [3.63, 3.8) is 0 Å². The molecule has 24 heavy (non-hydrogen) atoms. The average molecular weight is 336 g/mol. The maximum absolute atomic E-state index is 12.4. The lowest BCUT2D eigenvalue weighted by Gasteiger charge is -2.14. The molecule has 0 radical (unpaired) electrons. The summed E-state index contributed by atoms with van der Waals surface area (Å²) in [6.07, 6.45) is 4.17. The average Bonchev–Trinajstić information content (AvgIpc) is 2.55. The molecule has 0 aliphatic carbocycles. The van der Waals surface area contributed by atoms with Crippen molar-refractivity contribution in [1.82, 2.24) is 9.97 Å². The van der Waals surface area contributed by atoms with Crippen LogP contribution >= 0.6 is 0 Å². The minimum absolute atomic E-state index is 0.101. The molecule has 0 fully saturated rings. The predicted octanol–water partition coefficient (Wildman–Crippen LogP) is 3.07. The summed E-state index contributed by atoms with van der Waals surface area (Å²) in [7, 11) is 0. The Morgan fingerprint density at radius 1 is 1.25 bits per heavy atom. The number of benzene rings is 1. The number of nitrogens with one attached hydrogen (secondary N) is 1. The lowest BCUT2D eigenvalue weighted by molar-refractivity contribution is -0.0502. The van der Waals surface area contributed by atoms with Gasteiger partial charge in [0, 0.05) is 30.3 Å². The highest BCUT2D eigenvalue weighted by Gasteiger charge is 2.10. The fraction of sp³-hybridized carbons (Fsp3) is 0.250. The van der Waals surface area contributed by atoms with Crippen molar-refractivity contribution in [1.29, 1.82) is 0 Å². The van der Waals surface area contributed by atoms with Crippen LogP contribution in [0.5, 0.6) is 11.8 Å². The van der Waals surface area contributed by atoms with Gasteiger partial charge in [-0.3, -0.25) is 0 Å². The Morgan fingerprint density at radius 2 is 1.96 bits per heavy atom. The molecule has 0 saturated heterocycles. The number of ether oxygens (including phenoxy) is 2. The number of hydrogen-bond donors (Lipinski definition) is 2. The second-order valence-electron chi connectivity index (χ2n) is 4.94. The number of halogens is 2. The molecule has 0 saturated carbocycles. The van der Waals surface area contributed by atoms with Crippen molar-refractivity contribution < 1.29 is 18.3 Å². The second-order valence-corrected chi connectivity index (χ2v) is 4.94. The zero-order chi connectivity index (χ0) is 17.5. The summed E-state index contributed by atoms with van der Waals surface area (Å²) in [6.45, 7) is 0.546. The minimum Gasteiger partial charge on any atom is -0.454 e. The molecule has 2 rings (SSSR count). The fourth-order valence-electron chi connectivity index (χ4n) is 1.77. The van der Waals surface area contributed by atoms with Gasteiger partial charge in [0.2, 0.25) is 0 Å². The first kappa shape index (κ1) is 17.5. The van der Waals surface area contributed by atoms with Crippen molar-refractivity contribution in [2.45, 2.75) is 26.6 Å². The van der Waals surface area contributed by atoms with Crippen molar-refractivity contribution >= 4 is 5.69 Å². The van der Waals surface area contributed by atoms with E-state index in [1.165, 1.54) is 12.3 Å². The van der Waals surface area contributed by atoms with E-state index in [0.717, 1.165) is 0 Å². The molecule has 1 atom stereocenters. The first-order valence-electron chi connectivity index (χ1n) is 7.17. The van der Waals surface area contributed by atoms with Gasteiger partial charge >= 0.3 is 12.6 Å². The van der Waals surface area contributed by atoms with Crippen LogP contribution in [0.3, 0.4) is 0 Å². The number of rotatable bonds is 7. The molecule has 0 bridgehead atoms. The number of aromatic nitrogens is 2. The van der Waals surface area contributed by atoms with E-state index in [4.69, 9.17) is 10.5 Å². The second kappa shape index (κ2) is 8.09. The lowest BCUT2D eigenvalue weighted by atomic mass is 10.2. The zero-order valence-corrected chi connectivity index (χ0v) is 13.2. The van der Waals surface area contributed by atoms with E-state index >= 15 is 0 Å². The Labute approximate surface area is 138 Å². The molecule has 1 aromatic carbocycles. The molecule has 0 aliphatic heterocycles. The van der Waals surface area contributed by atoms with Gasteiger partial charge in [-0.1, -0.05) is 6.07 Å². The van der Waals surface area contributed by atoms with Gasteiger partial charge in [-0.2, -0.15) is 8.78 Å². The third-order valence-corrected chi connectivity index (χ3v) is 3.10. The highest BCUT2D eigenvalue weighted by atomic mass is 19.3. The Hall–Kier alpha value is -2.90. The zero-order valence-electron chi connectivity index (χ0n) is 13.2. The topological polar surface area (TPSA) is 82.3 Å². The van der Waals surface area contributed by atoms with Crippen molar-refractivity contribution in [3.8, 4) is 11.8 Å². The smallest absolute Gasteiger partial charge is 0.387 e. The van der Waals surface area contributed by atoms with Crippen LogP contribution in [0, 0.1) is 6.92 Å². The molecule has 1 unspecified atom stereocenters. The van der Waals surface area contributed by atoms with Crippen molar-refractivity contribution in [3.05, 3.63) is 54.1 Å². The highest BCUT2D eigenvalue weighted by Crippen LogP contribution is 2.24. The van der Waals surface area contributed by atoms with Gasteiger partial charge in [-0.15, -0.1) is 0 Å². The largest absolute Gasteiger partial charge is 0.454 e. The molecule has 3 N–H and O–H groups in total. The number of alkyl halides is 2. The van der Waals surface area contributed by atoms with E-state index in [9.17, 15) is 8.78 Å². The number of nitrogens with zero attached hydrogens (tertiary/aromatic N) is 2. The Balaban J connectivity index is 2.01. The molecule has 6 nitrogen and oxygen atoms in total. The third-order valence-electron chi connectivity index (χ3n) is 3.10. The summed E-state index contributed by atoms with van der Waals surface area (Å²) in [5.41, 5.74) is 7.48. The Morgan fingerprint density at radius 3 is 2.62 bits per heavy atom. The summed E-state index contributed by atoms with van der Waals surface area (Å²) in [4.78, 5) is 7.89. The molecule has 8 heteroatoms. The maximum Gasteiger partial charge on any atom is 0.387 e. The van der Waals surface area contributed by atoms with Crippen LogP contribution in [0.4, 0.5) is 14.5 Å². The van der Waals surface area contributed by atoms with Crippen LogP contribution < -0.4 is 20.5 Å². The van der Waals surface area contributed by atoms with Gasteiger partial charge in [0.15, 0.2) is 0 Å². The molecule has 1 heterocycles. The van der Waals surface area contributed by atoms with Gasteiger partial charge in [-0.25, -0.2) is 9.97 Å². The van der Waals surface area contributed by atoms with Crippen LogP contribution in [0.2, 0.25) is 0 Å². The SMILES string of the molecule is Cc1ccc(N/C=C(\N)C(C)Oc2ncccn2)cc1OC(F)F. The number of aryl methyl sites for hydroxylation is 1. The van der Waals surface area contributed by atoms with Gasteiger partial charge < -0.3 is 20.5 Å². The van der Waals surface area contributed by atoms with E-state index in [0.29, 0.717) is 16.9 Å². The van der Waals surface area contributed by atoms with Crippen LogP contribution in [0.25, 0.3) is 0 Å². The van der Waals surface area contributed by atoms with E-state index in [2.05, 4.69) is 20.0 Å². The van der Waals surface area contributed by atoms with E-state index in [-0.39, 0.29) is 11.8 Å².